The van der Waals surface area contributed by atoms with Gasteiger partial charge < -0.3 is 26.2 Å². The molecule has 0 saturated heterocycles. The van der Waals surface area contributed by atoms with Crippen molar-refractivity contribution in [1.29, 1.82) is 0 Å². The first-order valence-corrected chi connectivity index (χ1v) is 17.7. The summed E-state index contributed by atoms with van der Waals surface area (Å²) in [5.74, 6) is 3.16. The van der Waals surface area contributed by atoms with E-state index in [0.29, 0.717) is 23.7 Å². The van der Waals surface area contributed by atoms with E-state index in [1.54, 1.807) is 5.57 Å². The van der Waals surface area contributed by atoms with E-state index >= 15 is 0 Å². The molecular weight excluding hydrogens is 522 g/mol. The van der Waals surface area contributed by atoms with Crippen LogP contribution in [0.25, 0.3) is 0 Å². The van der Waals surface area contributed by atoms with Gasteiger partial charge in [-0.3, -0.25) is 4.79 Å². The van der Waals surface area contributed by atoms with Crippen LogP contribution in [0.1, 0.15) is 125 Å². The normalized spacial score (nSPS) is 38.4. The minimum absolute atomic E-state index is 0.109. The minimum Gasteiger partial charge on any atom is -0.462 e. The number of nitrogens with two attached hydrogens (primary N) is 1. The van der Waals surface area contributed by atoms with E-state index in [0.717, 1.165) is 76.0 Å². The molecule has 4 aliphatic carbocycles. The van der Waals surface area contributed by atoms with Crippen LogP contribution in [0.3, 0.4) is 0 Å². The molecule has 0 aliphatic heterocycles. The second kappa shape index (κ2) is 14.4. The van der Waals surface area contributed by atoms with E-state index < -0.39 is 5.60 Å². The zero-order chi connectivity index (χ0) is 30.5. The maximum atomic E-state index is 12.7. The lowest BCUT2D eigenvalue weighted by molar-refractivity contribution is -0.192. The summed E-state index contributed by atoms with van der Waals surface area (Å²) in [6.07, 6.45) is 16.9. The molecule has 6 nitrogen and oxygen atoms in total. The average Bonchev–Trinajstić information content (AvgIpc) is 3.28. The molecule has 3 saturated carbocycles. The monoisotopic (exact) mass is 588 g/mol. The highest BCUT2D eigenvalue weighted by Gasteiger charge is 2.65. The van der Waals surface area contributed by atoms with Crippen LogP contribution in [0.5, 0.6) is 0 Å². The Morgan fingerprint density at radius 3 is 2.45 bits per heavy atom. The van der Waals surface area contributed by atoms with E-state index in [2.05, 4.69) is 51.3 Å². The molecule has 0 aromatic carbocycles. The molecule has 3 fully saturated rings. The van der Waals surface area contributed by atoms with Crippen LogP contribution in [0.15, 0.2) is 11.6 Å². The third-order valence-corrected chi connectivity index (χ3v) is 12.5. The molecular formula is C36H65N3O3. The van der Waals surface area contributed by atoms with Gasteiger partial charge in [-0.25, -0.2) is 0 Å². The molecule has 4 rings (SSSR count). The van der Waals surface area contributed by atoms with Gasteiger partial charge in [0.05, 0.1) is 11.6 Å². The zero-order valence-corrected chi connectivity index (χ0v) is 28.0. The molecule has 0 aromatic rings. The Labute approximate surface area is 257 Å². The lowest BCUT2D eigenvalue weighted by atomic mass is 9.45. The van der Waals surface area contributed by atoms with Crippen molar-refractivity contribution >= 4 is 5.97 Å². The summed E-state index contributed by atoms with van der Waals surface area (Å²) in [5.41, 5.74) is 6.50. The summed E-state index contributed by atoms with van der Waals surface area (Å²) in [4.78, 5) is 11.9. The molecule has 0 spiro atoms. The van der Waals surface area contributed by atoms with Crippen LogP contribution in [-0.4, -0.2) is 55.0 Å². The molecule has 0 heterocycles. The first-order chi connectivity index (χ1) is 20.0. The van der Waals surface area contributed by atoms with Gasteiger partial charge in [0.15, 0.2) is 0 Å². The van der Waals surface area contributed by atoms with Crippen molar-refractivity contribution in [3.63, 3.8) is 0 Å². The highest BCUT2D eigenvalue weighted by atomic mass is 16.5. The fraction of sp³-hybridized carbons (Fsp3) is 0.917. The fourth-order valence-corrected chi connectivity index (χ4v) is 10.1. The number of ether oxygens (including phenoxy) is 1. The van der Waals surface area contributed by atoms with Gasteiger partial charge in [-0.2, -0.15) is 0 Å². The number of hydrogen-bond donors (Lipinski definition) is 4. The standard InChI is InChI=1S/C36H65N3O3/c1-25(2)11-9-12-26(3)30-13-14-31-29-23-33(39-22-8-7-20-38-21-10-19-37)36(41)24-28(42-27(4)40)15-18-35(36,6)32(29)16-17-34(30,31)5/h23,25-26,28,30-33,38-39,41H,7-22,24,37H2,1-6H3/t26-,28?,30-,31+,32+,33-,34-,35-,36+/m1/s1. The second-order valence-corrected chi connectivity index (χ2v) is 15.6. The number of unbranched alkanes of at least 4 members (excludes halogenated alkanes) is 1. The van der Waals surface area contributed by atoms with Crippen molar-refractivity contribution in [3.05, 3.63) is 11.6 Å². The van der Waals surface area contributed by atoms with E-state index in [4.69, 9.17) is 10.5 Å². The SMILES string of the molecule is CC(=O)OC1CC[C@]2(C)[C@H]3CC[C@]4(C)[C@@H]([C@H](C)CCCC(C)C)CC[C@H]4C3=C[C@@H](NCCCCNCCCN)[C@@]2(O)C1. The average molecular weight is 588 g/mol. The van der Waals surface area contributed by atoms with Gasteiger partial charge in [-0.15, -0.1) is 0 Å². The molecule has 4 aliphatic rings. The van der Waals surface area contributed by atoms with Crippen molar-refractivity contribution in [3.8, 4) is 0 Å². The maximum Gasteiger partial charge on any atom is 0.302 e. The Kier molecular flexibility index (Phi) is 11.7. The van der Waals surface area contributed by atoms with Crippen molar-refractivity contribution in [1.82, 2.24) is 10.6 Å². The Hall–Kier alpha value is -0.950. The molecule has 5 N–H and O–H groups in total. The number of carbonyl (C=O) groups excluding carboxylic acids is 1. The van der Waals surface area contributed by atoms with Gasteiger partial charge in [-0.05, 0) is 119 Å². The number of aliphatic hydroxyl groups is 1. The number of carbonyl (C=O) groups is 1. The van der Waals surface area contributed by atoms with Gasteiger partial charge >= 0.3 is 5.97 Å². The summed E-state index contributed by atoms with van der Waals surface area (Å²) in [6, 6.07) is -0.109. The van der Waals surface area contributed by atoms with Gasteiger partial charge in [0.1, 0.15) is 6.10 Å². The predicted molar refractivity (Wildman–Crippen MR) is 173 cm³/mol. The van der Waals surface area contributed by atoms with Crippen molar-refractivity contribution < 1.29 is 14.6 Å². The summed E-state index contributed by atoms with van der Waals surface area (Å²) in [6.45, 7) is 17.3. The lowest BCUT2D eigenvalue weighted by Gasteiger charge is -2.63. The molecule has 0 bridgehead atoms. The Balaban J connectivity index is 1.53. The van der Waals surface area contributed by atoms with E-state index in [9.17, 15) is 9.90 Å². The fourth-order valence-electron chi connectivity index (χ4n) is 10.1. The first-order valence-electron chi connectivity index (χ1n) is 17.7. The van der Waals surface area contributed by atoms with Crippen LogP contribution < -0.4 is 16.4 Å². The van der Waals surface area contributed by atoms with E-state index in [1.807, 2.05) is 0 Å². The van der Waals surface area contributed by atoms with Crippen molar-refractivity contribution in [2.45, 2.75) is 143 Å². The number of allylic oxidation sites excluding steroid dienone is 1. The Morgan fingerprint density at radius 1 is 1.00 bits per heavy atom. The lowest BCUT2D eigenvalue weighted by Crippen LogP contribution is -2.68. The minimum atomic E-state index is -0.922. The number of rotatable bonds is 15. The van der Waals surface area contributed by atoms with Crippen molar-refractivity contribution in [2.75, 3.05) is 26.2 Å². The third kappa shape index (κ3) is 6.97. The Bertz CT molecular complexity index is 923. The summed E-state index contributed by atoms with van der Waals surface area (Å²) in [7, 11) is 0. The van der Waals surface area contributed by atoms with Crippen LogP contribution in [-0.2, 0) is 9.53 Å². The van der Waals surface area contributed by atoms with Crippen LogP contribution >= 0.6 is 0 Å². The zero-order valence-electron chi connectivity index (χ0n) is 28.0. The van der Waals surface area contributed by atoms with Crippen molar-refractivity contribution in [2.24, 2.45) is 46.2 Å². The molecule has 0 radical (unpaired) electrons. The summed E-state index contributed by atoms with van der Waals surface area (Å²) < 4.78 is 5.73. The molecule has 242 valence electrons. The number of hydrogen-bond acceptors (Lipinski definition) is 6. The summed E-state index contributed by atoms with van der Waals surface area (Å²) in [5, 5.41) is 20.0. The maximum absolute atomic E-state index is 12.7. The molecule has 42 heavy (non-hydrogen) atoms. The molecule has 0 aromatic heterocycles. The number of nitrogens with one attached hydrogen (secondary N) is 2. The van der Waals surface area contributed by atoms with Crippen LogP contribution in [0.2, 0.25) is 0 Å². The summed E-state index contributed by atoms with van der Waals surface area (Å²) >= 11 is 0. The molecule has 6 heteroatoms. The molecule has 9 atom stereocenters. The largest absolute Gasteiger partial charge is 0.462 e. The van der Waals surface area contributed by atoms with Crippen LogP contribution in [0.4, 0.5) is 0 Å². The quantitative estimate of drug-likeness (QED) is 0.101. The van der Waals surface area contributed by atoms with Gasteiger partial charge in [0.2, 0.25) is 0 Å². The highest BCUT2D eigenvalue weighted by molar-refractivity contribution is 5.66. The van der Waals surface area contributed by atoms with Gasteiger partial charge in [0, 0.05) is 18.8 Å². The van der Waals surface area contributed by atoms with Gasteiger partial charge in [-0.1, -0.05) is 65.5 Å². The highest BCUT2D eigenvalue weighted by Crippen LogP contribution is 2.67. The topological polar surface area (TPSA) is 96.6 Å². The predicted octanol–water partition coefficient (Wildman–Crippen LogP) is 6.36. The Morgan fingerprint density at radius 2 is 1.74 bits per heavy atom. The first kappa shape index (κ1) is 33.9. The number of fused-ring (bicyclic) bond motifs is 5. The van der Waals surface area contributed by atoms with Crippen LogP contribution in [0, 0.1) is 40.4 Å². The smallest absolute Gasteiger partial charge is 0.302 e. The molecule has 0 amide bonds. The van der Waals surface area contributed by atoms with E-state index in [-0.39, 0.29) is 23.5 Å². The van der Waals surface area contributed by atoms with Gasteiger partial charge in [0.25, 0.3) is 0 Å². The molecule has 1 unspecified atom stereocenters. The number of esters is 1. The second-order valence-electron chi connectivity index (χ2n) is 15.6. The third-order valence-electron chi connectivity index (χ3n) is 12.5. The van der Waals surface area contributed by atoms with E-state index in [1.165, 1.54) is 51.9 Å².